The van der Waals surface area contributed by atoms with Crippen LogP contribution in [0.15, 0.2) is 47.5 Å². The number of anilines is 1. The van der Waals surface area contributed by atoms with Crippen molar-refractivity contribution in [2.24, 2.45) is 10.7 Å². The van der Waals surface area contributed by atoms with Gasteiger partial charge in [0, 0.05) is 11.3 Å². The van der Waals surface area contributed by atoms with E-state index in [0.717, 1.165) is 17.0 Å². The summed E-state index contributed by atoms with van der Waals surface area (Å²) in [4.78, 5) is 4.33. The number of ether oxygens (including phenoxy) is 3. The maximum absolute atomic E-state index is 5.92. The van der Waals surface area contributed by atoms with Gasteiger partial charge in [-0.05, 0) is 30.3 Å². The Morgan fingerprint density at radius 3 is 2.29 bits per heavy atom. The molecule has 0 heterocycles. The first kappa shape index (κ1) is 19.9. The number of methoxy groups -OCH3 is 3. The van der Waals surface area contributed by atoms with Gasteiger partial charge >= 0.3 is 0 Å². The summed E-state index contributed by atoms with van der Waals surface area (Å²) in [7, 11) is 4.83. The minimum absolute atomic E-state index is 0. The van der Waals surface area contributed by atoms with Crippen molar-refractivity contribution in [3.63, 3.8) is 0 Å². The number of para-hydroxylation sites is 1. The van der Waals surface area contributed by atoms with Gasteiger partial charge in [0.1, 0.15) is 5.75 Å². The monoisotopic (exact) mass is 443 g/mol. The molecule has 0 saturated carbocycles. The normalized spacial score (nSPS) is 10.5. The Bertz CT molecular complexity index is 675. The van der Waals surface area contributed by atoms with Gasteiger partial charge in [-0.15, -0.1) is 24.0 Å². The molecule has 2 aromatic carbocycles. The van der Waals surface area contributed by atoms with Crippen LogP contribution in [0.1, 0.15) is 5.56 Å². The second-order valence-corrected chi connectivity index (χ2v) is 4.71. The predicted octanol–water partition coefficient (Wildman–Crippen LogP) is 3.26. The molecule has 0 aliphatic heterocycles. The van der Waals surface area contributed by atoms with Gasteiger partial charge in [0.2, 0.25) is 0 Å². The average Bonchev–Trinajstić information content (AvgIpc) is 2.60. The zero-order valence-electron chi connectivity index (χ0n) is 13.9. The van der Waals surface area contributed by atoms with E-state index in [-0.39, 0.29) is 24.0 Å². The highest BCUT2D eigenvalue weighted by Gasteiger charge is 2.08. The van der Waals surface area contributed by atoms with Crippen LogP contribution >= 0.6 is 24.0 Å². The molecule has 0 aliphatic rings. The van der Waals surface area contributed by atoms with Crippen LogP contribution in [0, 0.1) is 0 Å². The van der Waals surface area contributed by atoms with Crippen molar-refractivity contribution in [1.29, 1.82) is 0 Å². The molecule has 6 nitrogen and oxygen atoms in total. The fourth-order valence-electron chi connectivity index (χ4n) is 2.11. The minimum atomic E-state index is 0. The molecule has 24 heavy (non-hydrogen) atoms. The Balaban J connectivity index is 0.00000288. The van der Waals surface area contributed by atoms with E-state index in [4.69, 9.17) is 19.9 Å². The van der Waals surface area contributed by atoms with Crippen molar-refractivity contribution in [2.75, 3.05) is 26.6 Å². The van der Waals surface area contributed by atoms with E-state index in [2.05, 4.69) is 10.3 Å². The number of hydrogen-bond acceptors (Lipinski definition) is 4. The molecule has 7 heteroatoms. The van der Waals surface area contributed by atoms with E-state index in [1.165, 1.54) is 0 Å². The maximum Gasteiger partial charge on any atom is 0.193 e. The number of rotatable bonds is 6. The molecule has 0 aliphatic carbocycles. The Morgan fingerprint density at radius 2 is 1.71 bits per heavy atom. The molecule has 0 spiro atoms. The molecule has 0 radical (unpaired) electrons. The van der Waals surface area contributed by atoms with E-state index in [1.807, 2.05) is 42.5 Å². The Labute approximate surface area is 159 Å². The summed E-state index contributed by atoms with van der Waals surface area (Å²) >= 11 is 0. The molecule has 130 valence electrons. The van der Waals surface area contributed by atoms with E-state index in [9.17, 15) is 0 Å². The van der Waals surface area contributed by atoms with Gasteiger partial charge < -0.3 is 25.3 Å². The topological polar surface area (TPSA) is 78.1 Å². The first-order valence-electron chi connectivity index (χ1n) is 7.08. The summed E-state index contributed by atoms with van der Waals surface area (Å²) in [6.07, 6.45) is 0. The summed E-state index contributed by atoms with van der Waals surface area (Å²) in [5.41, 5.74) is 7.65. The van der Waals surface area contributed by atoms with E-state index in [0.29, 0.717) is 24.0 Å². The number of aliphatic imine (C=N–C) groups is 1. The zero-order valence-corrected chi connectivity index (χ0v) is 16.2. The van der Waals surface area contributed by atoms with Crippen LogP contribution in [0.25, 0.3) is 0 Å². The first-order valence-corrected chi connectivity index (χ1v) is 7.08. The molecule has 0 aromatic heterocycles. The van der Waals surface area contributed by atoms with Crippen molar-refractivity contribution >= 4 is 35.6 Å². The number of guanidine groups is 1. The third-order valence-corrected chi connectivity index (χ3v) is 3.27. The number of nitrogens with zero attached hydrogens (tertiary/aromatic N) is 1. The van der Waals surface area contributed by atoms with Crippen LogP contribution in [0.4, 0.5) is 5.69 Å². The van der Waals surface area contributed by atoms with Crippen LogP contribution in [-0.2, 0) is 6.54 Å². The molecular formula is C17H22IN3O3. The smallest absolute Gasteiger partial charge is 0.193 e. The highest BCUT2D eigenvalue weighted by molar-refractivity contribution is 14.0. The van der Waals surface area contributed by atoms with Gasteiger partial charge in [-0.2, -0.15) is 0 Å². The third kappa shape index (κ3) is 5.19. The SMILES string of the molecule is COc1ccc(NC(N)=NCc2cccc(OC)c2OC)cc1.I. The molecule has 0 bridgehead atoms. The summed E-state index contributed by atoms with van der Waals surface area (Å²) < 4.78 is 15.8. The average molecular weight is 443 g/mol. The van der Waals surface area contributed by atoms with Crippen LogP contribution in [-0.4, -0.2) is 27.3 Å². The fourth-order valence-corrected chi connectivity index (χ4v) is 2.11. The summed E-state index contributed by atoms with van der Waals surface area (Å²) in [6, 6.07) is 13.1. The van der Waals surface area contributed by atoms with Crippen molar-refractivity contribution in [2.45, 2.75) is 6.54 Å². The largest absolute Gasteiger partial charge is 0.497 e. The Kier molecular flexibility index (Phi) is 8.17. The third-order valence-electron chi connectivity index (χ3n) is 3.27. The summed E-state index contributed by atoms with van der Waals surface area (Å²) in [5.74, 6) is 2.44. The molecular weight excluding hydrogens is 421 g/mol. The molecule has 0 amide bonds. The molecule has 0 unspecified atom stereocenters. The lowest BCUT2D eigenvalue weighted by molar-refractivity contribution is 0.352. The van der Waals surface area contributed by atoms with E-state index >= 15 is 0 Å². The first-order chi connectivity index (χ1) is 11.2. The van der Waals surface area contributed by atoms with Crippen LogP contribution < -0.4 is 25.3 Å². The van der Waals surface area contributed by atoms with Crippen molar-refractivity contribution in [1.82, 2.24) is 0 Å². The second kappa shape index (κ2) is 9.86. The van der Waals surface area contributed by atoms with Gasteiger partial charge in [0.25, 0.3) is 0 Å². The lowest BCUT2D eigenvalue weighted by atomic mass is 10.2. The molecule has 0 atom stereocenters. The number of nitrogens with two attached hydrogens (primary N) is 1. The van der Waals surface area contributed by atoms with Crippen molar-refractivity contribution < 1.29 is 14.2 Å². The standard InChI is InChI=1S/C17H21N3O3.HI/c1-21-14-9-7-13(8-10-14)20-17(18)19-11-12-5-4-6-15(22-2)16(12)23-3;/h4-10H,11H2,1-3H3,(H3,18,19,20);1H. The Hall–Kier alpha value is -2.16. The van der Waals surface area contributed by atoms with Crippen LogP contribution in [0.3, 0.4) is 0 Å². The van der Waals surface area contributed by atoms with Gasteiger partial charge in [0.05, 0.1) is 27.9 Å². The Morgan fingerprint density at radius 1 is 1.00 bits per heavy atom. The molecule has 2 rings (SSSR count). The maximum atomic E-state index is 5.92. The highest BCUT2D eigenvalue weighted by atomic mass is 127. The second-order valence-electron chi connectivity index (χ2n) is 4.71. The zero-order chi connectivity index (χ0) is 16.7. The van der Waals surface area contributed by atoms with Crippen molar-refractivity contribution in [3.8, 4) is 17.2 Å². The van der Waals surface area contributed by atoms with Crippen molar-refractivity contribution in [3.05, 3.63) is 48.0 Å². The van der Waals surface area contributed by atoms with E-state index in [1.54, 1.807) is 21.3 Å². The number of halogens is 1. The van der Waals surface area contributed by atoms with Crippen LogP contribution in [0.5, 0.6) is 17.2 Å². The number of benzene rings is 2. The predicted molar refractivity (Wildman–Crippen MR) is 107 cm³/mol. The molecule has 2 aromatic rings. The summed E-state index contributed by atoms with van der Waals surface area (Å²) in [6.45, 7) is 0.384. The summed E-state index contributed by atoms with van der Waals surface area (Å²) in [5, 5.41) is 3.03. The highest BCUT2D eigenvalue weighted by Crippen LogP contribution is 2.31. The van der Waals surface area contributed by atoms with E-state index < -0.39 is 0 Å². The van der Waals surface area contributed by atoms with Gasteiger partial charge in [0.15, 0.2) is 17.5 Å². The minimum Gasteiger partial charge on any atom is -0.497 e. The van der Waals surface area contributed by atoms with Gasteiger partial charge in [-0.3, -0.25) is 0 Å². The van der Waals surface area contributed by atoms with Gasteiger partial charge in [-0.25, -0.2) is 4.99 Å². The number of nitrogens with one attached hydrogen (secondary N) is 1. The van der Waals surface area contributed by atoms with Crippen LogP contribution in [0.2, 0.25) is 0 Å². The lowest BCUT2D eigenvalue weighted by Gasteiger charge is -2.11. The number of hydrogen-bond donors (Lipinski definition) is 2. The van der Waals surface area contributed by atoms with Gasteiger partial charge in [-0.1, -0.05) is 12.1 Å². The molecule has 3 N–H and O–H groups in total. The molecule has 0 fully saturated rings. The fraction of sp³-hybridized carbons (Fsp3) is 0.235. The molecule has 0 saturated heterocycles. The lowest BCUT2D eigenvalue weighted by Crippen LogP contribution is -2.22. The quantitative estimate of drug-likeness (QED) is 0.407.